The second-order valence-electron chi connectivity index (χ2n) is 3.05. The number of aromatic amines is 1. The fourth-order valence-corrected chi connectivity index (χ4v) is 1.48. The summed E-state index contributed by atoms with van der Waals surface area (Å²) in [5.41, 5.74) is 0.363. The van der Waals surface area contributed by atoms with Gasteiger partial charge in [-0.1, -0.05) is 0 Å². The van der Waals surface area contributed by atoms with Crippen molar-refractivity contribution in [2.45, 2.75) is 0 Å². The highest BCUT2D eigenvalue weighted by molar-refractivity contribution is 6.28. The molecule has 84 valence electrons. The zero-order chi connectivity index (χ0) is 11.7. The van der Waals surface area contributed by atoms with Crippen LogP contribution in [-0.2, 0) is 0 Å². The molecule has 1 aromatic carbocycles. The van der Waals surface area contributed by atoms with Crippen LogP contribution in [0.2, 0.25) is 5.28 Å². The molecule has 0 aliphatic carbocycles. The first kappa shape index (κ1) is 10.9. The zero-order valence-corrected chi connectivity index (χ0v) is 8.98. The van der Waals surface area contributed by atoms with E-state index in [1.54, 1.807) is 0 Å². The number of ether oxygens (including phenoxy) is 1. The van der Waals surface area contributed by atoms with Crippen LogP contribution in [0.1, 0.15) is 0 Å². The highest BCUT2D eigenvalue weighted by atomic mass is 35.5. The third-order valence-electron chi connectivity index (χ3n) is 2.08. The van der Waals surface area contributed by atoms with Gasteiger partial charge in [0.05, 0.1) is 19.0 Å². The molecule has 2 rings (SSSR count). The number of hydrogen-bond acceptors (Lipinski definition) is 2. The predicted molar refractivity (Wildman–Crippen MR) is 55.5 cm³/mol. The Morgan fingerprint density at radius 1 is 1.31 bits per heavy atom. The first-order valence-corrected chi connectivity index (χ1v) is 4.73. The Morgan fingerprint density at radius 3 is 2.62 bits per heavy atom. The molecule has 0 bridgehead atoms. The molecule has 0 unspecified atom stereocenters. The molecule has 2 aromatic rings. The Hall–Kier alpha value is -1.62. The average molecular weight is 245 g/mol. The SMILES string of the molecule is COc1cc(F)c(-c2cnc(Cl)[nH]2)cc1F. The fraction of sp³-hybridized carbons (Fsp3) is 0.100. The molecule has 0 atom stereocenters. The summed E-state index contributed by atoms with van der Waals surface area (Å²) in [7, 11) is 1.27. The van der Waals surface area contributed by atoms with Gasteiger partial charge in [0.2, 0.25) is 0 Å². The van der Waals surface area contributed by atoms with Crippen LogP contribution in [0.25, 0.3) is 11.3 Å². The first-order chi connectivity index (χ1) is 7.61. The van der Waals surface area contributed by atoms with Gasteiger partial charge in [0.1, 0.15) is 5.82 Å². The number of halogens is 3. The number of imidazole rings is 1. The summed E-state index contributed by atoms with van der Waals surface area (Å²) in [6.45, 7) is 0. The van der Waals surface area contributed by atoms with Crippen molar-refractivity contribution in [1.29, 1.82) is 0 Å². The van der Waals surface area contributed by atoms with Gasteiger partial charge < -0.3 is 9.72 Å². The standard InChI is InChI=1S/C10H7ClF2N2O/c1-16-9-3-6(12)5(2-7(9)13)8-4-14-10(11)15-8/h2-4H,1H3,(H,14,15). The van der Waals surface area contributed by atoms with Crippen molar-refractivity contribution in [3.8, 4) is 17.0 Å². The molecule has 1 N–H and O–H groups in total. The number of hydrogen-bond donors (Lipinski definition) is 1. The van der Waals surface area contributed by atoms with Crippen molar-refractivity contribution in [3.05, 3.63) is 35.2 Å². The van der Waals surface area contributed by atoms with Gasteiger partial charge in [0, 0.05) is 11.6 Å². The minimum absolute atomic E-state index is 0.0534. The summed E-state index contributed by atoms with van der Waals surface area (Å²) in [4.78, 5) is 6.30. The van der Waals surface area contributed by atoms with E-state index in [9.17, 15) is 8.78 Å². The molecule has 0 radical (unpaired) electrons. The Labute approximate surface area is 95.0 Å². The molecule has 0 aliphatic heterocycles. The van der Waals surface area contributed by atoms with Crippen LogP contribution in [-0.4, -0.2) is 17.1 Å². The van der Waals surface area contributed by atoms with E-state index in [0.29, 0.717) is 5.69 Å². The van der Waals surface area contributed by atoms with Gasteiger partial charge in [0.15, 0.2) is 16.9 Å². The van der Waals surface area contributed by atoms with Crippen molar-refractivity contribution in [3.63, 3.8) is 0 Å². The monoisotopic (exact) mass is 244 g/mol. The minimum atomic E-state index is -0.648. The summed E-state index contributed by atoms with van der Waals surface area (Å²) in [5, 5.41) is 0.116. The second-order valence-corrected chi connectivity index (χ2v) is 3.41. The number of methoxy groups -OCH3 is 1. The molecular formula is C10H7ClF2N2O. The number of nitrogens with zero attached hydrogens (tertiary/aromatic N) is 1. The molecular weight excluding hydrogens is 238 g/mol. The van der Waals surface area contributed by atoms with Gasteiger partial charge >= 0.3 is 0 Å². The van der Waals surface area contributed by atoms with Crippen LogP contribution < -0.4 is 4.74 Å². The zero-order valence-electron chi connectivity index (χ0n) is 8.22. The van der Waals surface area contributed by atoms with E-state index < -0.39 is 11.6 Å². The third-order valence-corrected chi connectivity index (χ3v) is 2.27. The molecule has 0 aliphatic rings. The van der Waals surface area contributed by atoms with Gasteiger partial charge in [-0.25, -0.2) is 13.8 Å². The lowest BCUT2D eigenvalue weighted by Crippen LogP contribution is -1.92. The fourth-order valence-electron chi connectivity index (χ4n) is 1.33. The third kappa shape index (κ3) is 1.86. The number of benzene rings is 1. The number of aromatic nitrogens is 2. The van der Waals surface area contributed by atoms with E-state index in [2.05, 4.69) is 14.7 Å². The lowest BCUT2D eigenvalue weighted by Gasteiger charge is -2.05. The van der Waals surface area contributed by atoms with Crippen molar-refractivity contribution < 1.29 is 13.5 Å². The van der Waals surface area contributed by atoms with Crippen LogP contribution in [0.15, 0.2) is 18.3 Å². The molecule has 0 saturated heterocycles. The molecule has 1 aromatic heterocycles. The summed E-state index contributed by atoms with van der Waals surface area (Å²) in [5.74, 6) is -1.41. The summed E-state index contributed by atoms with van der Waals surface area (Å²) < 4.78 is 31.6. The summed E-state index contributed by atoms with van der Waals surface area (Å²) in [6.07, 6.45) is 1.33. The molecule has 1 heterocycles. The normalized spacial score (nSPS) is 10.5. The highest BCUT2D eigenvalue weighted by Gasteiger charge is 2.13. The van der Waals surface area contributed by atoms with E-state index in [-0.39, 0.29) is 16.6 Å². The summed E-state index contributed by atoms with van der Waals surface area (Å²) >= 11 is 5.55. The Morgan fingerprint density at radius 2 is 2.06 bits per heavy atom. The Balaban J connectivity index is 2.54. The smallest absolute Gasteiger partial charge is 0.200 e. The maximum Gasteiger partial charge on any atom is 0.200 e. The van der Waals surface area contributed by atoms with Crippen LogP contribution in [0.4, 0.5) is 8.78 Å². The average Bonchev–Trinajstić information content (AvgIpc) is 2.67. The lowest BCUT2D eigenvalue weighted by molar-refractivity contribution is 0.383. The molecule has 0 saturated carbocycles. The van der Waals surface area contributed by atoms with Crippen LogP contribution >= 0.6 is 11.6 Å². The van der Waals surface area contributed by atoms with Gasteiger partial charge in [0.25, 0.3) is 0 Å². The van der Waals surface area contributed by atoms with Gasteiger partial charge in [-0.3, -0.25) is 0 Å². The van der Waals surface area contributed by atoms with Gasteiger partial charge in [-0.15, -0.1) is 0 Å². The van der Waals surface area contributed by atoms with Gasteiger partial charge in [-0.05, 0) is 17.7 Å². The first-order valence-electron chi connectivity index (χ1n) is 4.35. The number of rotatable bonds is 2. The van der Waals surface area contributed by atoms with Crippen molar-refractivity contribution in [2.24, 2.45) is 0 Å². The highest BCUT2D eigenvalue weighted by Crippen LogP contribution is 2.28. The molecule has 0 amide bonds. The summed E-state index contributed by atoms with van der Waals surface area (Å²) in [6, 6.07) is 2.00. The van der Waals surface area contributed by atoms with Crippen LogP contribution in [0, 0.1) is 11.6 Å². The van der Waals surface area contributed by atoms with Crippen molar-refractivity contribution >= 4 is 11.6 Å². The molecule has 3 nitrogen and oxygen atoms in total. The predicted octanol–water partition coefficient (Wildman–Crippen LogP) is 3.02. The van der Waals surface area contributed by atoms with Gasteiger partial charge in [-0.2, -0.15) is 0 Å². The Kier molecular flexibility index (Phi) is 2.78. The molecule has 0 fully saturated rings. The Bertz CT molecular complexity index is 528. The van der Waals surface area contributed by atoms with Crippen molar-refractivity contribution in [2.75, 3.05) is 7.11 Å². The van der Waals surface area contributed by atoms with E-state index >= 15 is 0 Å². The lowest BCUT2D eigenvalue weighted by atomic mass is 10.1. The molecule has 6 heteroatoms. The minimum Gasteiger partial charge on any atom is -0.494 e. The molecule has 16 heavy (non-hydrogen) atoms. The largest absolute Gasteiger partial charge is 0.494 e. The van der Waals surface area contributed by atoms with E-state index in [4.69, 9.17) is 11.6 Å². The number of nitrogens with one attached hydrogen (secondary N) is 1. The quantitative estimate of drug-likeness (QED) is 0.882. The molecule has 0 spiro atoms. The van der Waals surface area contributed by atoms with E-state index in [0.717, 1.165) is 12.1 Å². The van der Waals surface area contributed by atoms with Crippen LogP contribution in [0.5, 0.6) is 5.75 Å². The van der Waals surface area contributed by atoms with Crippen LogP contribution in [0.3, 0.4) is 0 Å². The number of H-pyrrole nitrogens is 1. The maximum atomic E-state index is 13.6. The topological polar surface area (TPSA) is 37.9 Å². The van der Waals surface area contributed by atoms with Crippen molar-refractivity contribution in [1.82, 2.24) is 9.97 Å². The maximum absolute atomic E-state index is 13.6. The second kappa shape index (κ2) is 4.09. The van der Waals surface area contributed by atoms with E-state index in [1.807, 2.05) is 0 Å². The van der Waals surface area contributed by atoms with E-state index in [1.165, 1.54) is 13.3 Å².